The highest BCUT2D eigenvalue weighted by atomic mass is 16.1. The fourth-order valence-corrected chi connectivity index (χ4v) is 3.16. The molecule has 0 spiro atoms. The number of aromatic nitrogens is 2. The third-order valence-electron chi connectivity index (χ3n) is 4.58. The van der Waals surface area contributed by atoms with Crippen LogP contribution in [-0.4, -0.2) is 35.1 Å². The molecule has 1 aliphatic rings. The van der Waals surface area contributed by atoms with Gasteiger partial charge in [0.1, 0.15) is 0 Å². The zero-order valence-corrected chi connectivity index (χ0v) is 13.8. The molecule has 3 rings (SSSR count). The first-order chi connectivity index (χ1) is 11.7. The summed E-state index contributed by atoms with van der Waals surface area (Å²) in [5.41, 5.74) is 0.589. The van der Waals surface area contributed by atoms with Crippen LogP contribution < -0.4 is 16.2 Å². The molecule has 1 saturated heterocycles. The second-order valence-corrected chi connectivity index (χ2v) is 6.36. The Morgan fingerprint density at radius 3 is 3.08 bits per heavy atom. The summed E-state index contributed by atoms with van der Waals surface area (Å²) in [5, 5.41) is 6.93. The average molecular weight is 328 g/mol. The average Bonchev–Trinajstić information content (AvgIpc) is 2.62. The first-order valence-corrected chi connectivity index (χ1v) is 8.65. The Morgan fingerprint density at radius 2 is 2.25 bits per heavy atom. The van der Waals surface area contributed by atoms with Gasteiger partial charge in [0, 0.05) is 19.5 Å². The maximum absolute atomic E-state index is 12.3. The Bertz CT molecular complexity index is 750. The first kappa shape index (κ1) is 16.6. The lowest BCUT2D eigenvalue weighted by Crippen LogP contribution is -2.33. The molecule has 24 heavy (non-hydrogen) atoms. The molecule has 1 aliphatic heterocycles. The van der Waals surface area contributed by atoms with Gasteiger partial charge in [-0.2, -0.15) is 0 Å². The van der Waals surface area contributed by atoms with Crippen molar-refractivity contribution < 1.29 is 4.79 Å². The van der Waals surface area contributed by atoms with Crippen molar-refractivity contribution >= 4 is 16.8 Å². The topological polar surface area (TPSA) is 76.0 Å². The van der Waals surface area contributed by atoms with Crippen molar-refractivity contribution in [3.05, 3.63) is 40.9 Å². The summed E-state index contributed by atoms with van der Waals surface area (Å²) in [5.74, 6) is 0.644. The molecule has 2 heterocycles. The number of hydrogen-bond acceptors (Lipinski definition) is 4. The fourth-order valence-electron chi connectivity index (χ4n) is 3.16. The second kappa shape index (κ2) is 8.06. The van der Waals surface area contributed by atoms with Crippen molar-refractivity contribution in [2.45, 2.75) is 32.2 Å². The van der Waals surface area contributed by atoms with Crippen LogP contribution in [0.1, 0.15) is 25.7 Å². The number of hydrogen-bond donors (Lipinski definition) is 2. The maximum Gasteiger partial charge on any atom is 0.261 e. The van der Waals surface area contributed by atoms with E-state index in [4.69, 9.17) is 0 Å². The summed E-state index contributed by atoms with van der Waals surface area (Å²) in [4.78, 5) is 28.6. The number of amides is 1. The molecule has 6 nitrogen and oxygen atoms in total. The van der Waals surface area contributed by atoms with Crippen LogP contribution in [-0.2, 0) is 11.3 Å². The summed E-state index contributed by atoms with van der Waals surface area (Å²) in [6.45, 7) is 3.22. The van der Waals surface area contributed by atoms with Crippen molar-refractivity contribution in [3.63, 3.8) is 0 Å². The minimum absolute atomic E-state index is 0.0150. The zero-order valence-electron chi connectivity index (χ0n) is 13.8. The molecule has 0 aliphatic carbocycles. The number of rotatable bonds is 6. The molecule has 0 bridgehead atoms. The van der Waals surface area contributed by atoms with Crippen molar-refractivity contribution in [3.8, 4) is 0 Å². The number of aryl methyl sites for hydroxylation is 1. The molecule has 0 saturated carbocycles. The number of benzene rings is 1. The molecule has 128 valence electrons. The van der Waals surface area contributed by atoms with Gasteiger partial charge in [-0.25, -0.2) is 4.98 Å². The summed E-state index contributed by atoms with van der Waals surface area (Å²) >= 11 is 0. The highest BCUT2D eigenvalue weighted by molar-refractivity contribution is 5.77. The molecule has 1 amide bonds. The van der Waals surface area contributed by atoms with E-state index >= 15 is 0 Å². The zero-order chi connectivity index (χ0) is 16.8. The van der Waals surface area contributed by atoms with Crippen LogP contribution in [0.25, 0.3) is 10.9 Å². The number of nitrogens with one attached hydrogen (secondary N) is 2. The Hall–Kier alpha value is -2.21. The molecule has 1 atom stereocenters. The molecule has 0 radical (unpaired) electrons. The highest BCUT2D eigenvalue weighted by Crippen LogP contribution is 2.12. The number of para-hydroxylation sites is 1. The van der Waals surface area contributed by atoms with E-state index in [2.05, 4.69) is 15.6 Å². The lowest BCUT2D eigenvalue weighted by atomic mass is 9.96. The standard InChI is InChI=1S/C18H24N4O2/c23-17(20-10-7-14-4-3-9-19-12-14)8-11-22-13-21-16-6-2-1-5-15(16)18(22)24/h1-2,5-6,13-14,19H,3-4,7-12H2,(H,20,23). The smallest absolute Gasteiger partial charge is 0.261 e. The Morgan fingerprint density at radius 1 is 1.38 bits per heavy atom. The Labute approximate surface area is 141 Å². The van der Waals surface area contributed by atoms with Gasteiger partial charge < -0.3 is 10.6 Å². The summed E-state index contributed by atoms with van der Waals surface area (Å²) in [6, 6.07) is 7.25. The van der Waals surface area contributed by atoms with E-state index in [1.165, 1.54) is 23.7 Å². The van der Waals surface area contributed by atoms with Gasteiger partial charge >= 0.3 is 0 Å². The van der Waals surface area contributed by atoms with Crippen LogP contribution in [0.3, 0.4) is 0 Å². The first-order valence-electron chi connectivity index (χ1n) is 8.65. The predicted molar refractivity (Wildman–Crippen MR) is 93.8 cm³/mol. The maximum atomic E-state index is 12.3. The van der Waals surface area contributed by atoms with Gasteiger partial charge in [0.15, 0.2) is 0 Å². The molecule has 1 aromatic heterocycles. The van der Waals surface area contributed by atoms with Gasteiger partial charge in [-0.3, -0.25) is 14.2 Å². The van der Waals surface area contributed by atoms with Crippen LogP contribution in [0, 0.1) is 5.92 Å². The molecule has 2 aromatic rings. The van der Waals surface area contributed by atoms with Crippen LogP contribution in [0.4, 0.5) is 0 Å². The molecular weight excluding hydrogens is 304 g/mol. The second-order valence-electron chi connectivity index (χ2n) is 6.36. The number of piperidine rings is 1. The van der Waals surface area contributed by atoms with Crippen LogP contribution in [0.15, 0.2) is 35.4 Å². The van der Waals surface area contributed by atoms with Crippen molar-refractivity contribution in [2.75, 3.05) is 19.6 Å². The largest absolute Gasteiger partial charge is 0.356 e. The minimum Gasteiger partial charge on any atom is -0.356 e. The lowest BCUT2D eigenvalue weighted by molar-refractivity contribution is -0.121. The van der Waals surface area contributed by atoms with Crippen LogP contribution in [0.5, 0.6) is 0 Å². The molecule has 1 unspecified atom stereocenters. The SMILES string of the molecule is O=C(CCn1cnc2ccccc2c1=O)NCCC1CCCNC1. The van der Waals surface area contributed by atoms with E-state index < -0.39 is 0 Å². The van der Waals surface area contributed by atoms with E-state index in [1.807, 2.05) is 18.2 Å². The van der Waals surface area contributed by atoms with Crippen LogP contribution in [0.2, 0.25) is 0 Å². The van der Waals surface area contributed by atoms with Gasteiger partial charge in [-0.05, 0) is 50.4 Å². The summed E-state index contributed by atoms with van der Waals surface area (Å²) < 4.78 is 1.51. The molecule has 2 N–H and O–H groups in total. The lowest BCUT2D eigenvalue weighted by Gasteiger charge is -2.22. The van der Waals surface area contributed by atoms with E-state index in [0.29, 0.717) is 36.3 Å². The van der Waals surface area contributed by atoms with Gasteiger partial charge in [0.2, 0.25) is 5.91 Å². The number of carbonyl (C=O) groups is 1. The summed E-state index contributed by atoms with van der Waals surface area (Å²) in [7, 11) is 0. The van der Waals surface area contributed by atoms with E-state index in [-0.39, 0.29) is 11.5 Å². The molecule has 1 fully saturated rings. The van der Waals surface area contributed by atoms with E-state index in [0.717, 1.165) is 19.5 Å². The van der Waals surface area contributed by atoms with Crippen molar-refractivity contribution in [1.82, 2.24) is 20.2 Å². The molecule has 6 heteroatoms. The Kier molecular flexibility index (Phi) is 5.59. The number of fused-ring (bicyclic) bond motifs is 1. The summed E-state index contributed by atoms with van der Waals surface area (Å²) in [6.07, 6.45) is 5.28. The van der Waals surface area contributed by atoms with Gasteiger partial charge in [-0.1, -0.05) is 12.1 Å². The van der Waals surface area contributed by atoms with Crippen molar-refractivity contribution in [1.29, 1.82) is 0 Å². The van der Waals surface area contributed by atoms with Gasteiger partial charge in [0.05, 0.1) is 17.2 Å². The number of carbonyl (C=O) groups excluding carboxylic acids is 1. The quantitative estimate of drug-likeness (QED) is 0.838. The van der Waals surface area contributed by atoms with Gasteiger partial charge in [0.25, 0.3) is 5.56 Å². The third kappa shape index (κ3) is 4.20. The predicted octanol–water partition coefficient (Wildman–Crippen LogP) is 1.29. The van der Waals surface area contributed by atoms with Crippen molar-refractivity contribution in [2.24, 2.45) is 5.92 Å². The van der Waals surface area contributed by atoms with E-state index in [1.54, 1.807) is 6.07 Å². The third-order valence-corrected chi connectivity index (χ3v) is 4.58. The molecular formula is C18H24N4O2. The monoisotopic (exact) mass is 328 g/mol. The van der Waals surface area contributed by atoms with Crippen LogP contribution >= 0.6 is 0 Å². The molecule has 1 aromatic carbocycles. The van der Waals surface area contributed by atoms with Gasteiger partial charge in [-0.15, -0.1) is 0 Å². The minimum atomic E-state index is -0.0957. The normalized spacial score (nSPS) is 17.8. The number of nitrogens with zero attached hydrogens (tertiary/aromatic N) is 2. The Balaban J connectivity index is 1.47. The van der Waals surface area contributed by atoms with E-state index in [9.17, 15) is 9.59 Å². The highest BCUT2D eigenvalue weighted by Gasteiger charge is 2.13. The fraction of sp³-hybridized carbons (Fsp3) is 0.500.